The van der Waals surface area contributed by atoms with Gasteiger partial charge in [-0.25, -0.2) is 0 Å². The number of nitrogens with zero attached hydrogens (tertiary/aromatic N) is 1. The minimum atomic E-state index is 0.102. The first-order valence-electron chi connectivity index (χ1n) is 9.12. The predicted octanol–water partition coefficient (Wildman–Crippen LogP) is 4.62. The van der Waals surface area contributed by atoms with Gasteiger partial charge in [0.25, 0.3) is 0 Å². The van der Waals surface area contributed by atoms with Gasteiger partial charge in [0.15, 0.2) is 11.5 Å². The Bertz CT molecular complexity index is 832. The number of carbonyl (C=O) groups excluding carboxylic acids is 1. The standard InChI is InChI=1S/C21H22ClNO3/c22-18-3-1-2-15(11-18)16-10-17-13-23(20(25)7-6-14-4-5-14)8-9-26-21(17)19(24)12-16/h1-3,10-12,14,24H,4-9,13H2. The zero-order chi connectivity index (χ0) is 18.1. The van der Waals surface area contributed by atoms with Crippen LogP contribution in [0, 0.1) is 5.92 Å². The lowest BCUT2D eigenvalue weighted by Gasteiger charge is -2.20. The van der Waals surface area contributed by atoms with Crippen LogP contribution in [0.3, 0.4) is 0 Å². The van der Waals surface area contributed by atoms with Crippen molar-refractivity contribution in [1.29, 1.82) is 0 Å². The van der Waals surface area contributed by atoms with Crippen molar-refractivity contribution in [2.75, 3.05) is 13.2 Å². The molecule has 0 aromatic heterocycles. The van der Waals surface area contributed by atoms with Crippen LogP contribution in [-0.4, -0.2) is 29.1 Å². The van der Waals surface area contributed by atoms with Crippen molar-refractivity contribution in [1.82, 2.24) is 4.90 Å². The molecule has 0 bridgehead atoms. The van der Waals surface area contributed by atoms with Crippen molar-refractivity contribution in [2.45, 2.75) is 32.2 Å². The number of phenols is 1. The van der Waals surface area contributed by atoms with Crippen molar-refractivity contribution in [3.63, 3.8) is 0 Å². The molecule has 1 N–H and O–H groups in total. The van der Waals surface area contributed by atoms with Gasteiger partial charge in [0.1, 0.15) is 6.61 Å². The van der Waals surface area contributed by atoms with Crippen molar-refractivity contribution in [3.8, 4) is 22.6 Å². The third kappa shape index (κ3) is 3.80. The molecule has 1 saturated carbocycles. The topological polar surface area (TPSA) is 49.8 Å². The van der Waals surface area contributed by atoms with E-state index >= 15 is 0 Å². The number of hydrogen-bond acceptors (Lipinski definition) is 3. The van der Waals surface area contributed by atoms with E-state index in [1.807, 2.05) is 35.2 Å². The van der Waals surface area contributed by atoms with Gasteiger partial charge in [-0.3, -0.25) is 4.79 Å². The minimum absolute atomic E-state index is 0.102. The molecule has 1 amide bonds. The summed E-state index contributed by atoms with van der Waals surface area (Å²) in [6.07, 6.45) is 4.10. The Labute approximate surface area is 158 Å². The summed E-state index contributed by atoms with van der Waals surface area (Å²) in [6, 6.07) is 11.2. The maximum absolute atomic E-state index is 12.6. The molecule has 0 unspecified atom stereocenters. The zero-order valence-corrected chi connectivity index (χ0v) is 15.3. The number of phenolic OH excluding ortho intramolecular Hbond substituents is 1. The lowest BCUT2D eigenvalue weighted by atomic mass is 10.0. The Hall–Kier alpha value is -2.20. The molecule has 1 fully saturated rings. The lowest BCUT2D eigenvalue weighted by Crippen LogP contribution is -2.32. The first kappa shape index (κ1) is 17.2. The Kier molecular flexibility index (Phi) is 4.77. The molecule has 0 radical (unpaired) electrons. The van der Waals surface area contributed by atoms with Crippen molar-refractivity contribution in [2.24, 2.45) is 5.92 Å². The number of halogens is 1. The van der Waals surface area contributed by atoms with Crippen molar-refractivity contribution in [3.05, 3.63) is 47.0 Å². The molecule has 136 valence electrons. The fourth-order valence-electron chi connectivity index (χ4n) is 3.44. The first-order chi connectivity index (χ1) is 12.6. The van der Waals surface area contributed by atoms with E-state index < -0.39 is 0 Å². The highest BCUT2D eigenvalue weighted by Gasteiger charge is 2.26. The third-order valence-corrected chi connectivity index (χ3v) is 5.32. The van der Waals surface area contributed by atoms with Crippen molar-refractivity contribution < 1.29 is 14.6 Å². The maximum Gasteiger partial charge on any atom is 0.222 e. The fraction of sp³-hybridized carbons (Fsp3) is 0.381. The fourth-order valence-corrected chi connectivity index (χ4v) is 3.63. The Morgan fingerprint density at radius 2 is 2.08 bits per heavy atom. The summed E-state index contributed by atoms with van der Waals surface area (Å²) in [5, 5.41) is 11.1. The molecule has 26 heavy (non-hydrogen) atoms. The molecule has 2 aromatic rings. The summed E-state index contributed by atoms with van der Waals surface area (Å²) in [5.74, 6) is 1.49. The Morgan fingerprint density at radius 3 is 2.85 bits per heavy atom. The van der Waals surface area contributed by atoms with E-state index in [4.69, 9.17) is 16.3 Å². The molecule has 4 rings (SSSR count). The number of rotatable bonds is 4. The second-order valence-electron chi connectivity index (χ2n) is 7.14. The number of benzene rings is 2. The van der Waals surface area contributed by atoms with Gasteiger partial charge in [-0.05, 0) is 47.7 Å². The van der Waals surface area contributed by atoms with Gasteiger partial charge in [0.2, 0.25) is 5.91 Å². The zero-order valence-electron chi connectivity index (χ0n) is 14.6. The average molecular weight is 372 g/mol. The predicted molar refractivity (Wildman–Crippen MR) is 101 cm³/mol. The van der Waals surface area contributed by atoms with Crippen LogP contribution in [0.15, 0.2) is 36.4 Å². The normalized spacial score (nSPS) is 16.6. The van der Waals surface area contributed by atoms with Gasteiger partial charge in [-0.1, -0.05) is 36.6 Å². The van der Waals surface area contributed by atoms with E-state index in [0.29, 0.717) is 36.9 Å². The number of ether oxygens (including phenoxy) is 1. The second kappa shape index (κ2) is 7.20. The molecule has 4 nitrogen and oxygen atoms in total. The molecule has 0 saturated heterocycles. The van der Waals surface area contributed by atoms with Gasteiger partial charge in [-0.15, -0.1) is 0 Å². The Balaban J connectivity index is 1.59. The van der Waals surface area contributed by atoms with Gasteiger partial charge < -0.3 is 14.7 Å². The Morgan fingerprint density at radius 1 is 1.23 bits per heavy atom. The molecule has 1 aliphatic heterocycles. The van der Waals surface area contributed by atoms with E-state index in [9.17, 15) is 9.90 Å². The molecule has 2 aromatic carbocycles. The molecule has 1 heterocycles. The van der Waals surface area contributed by atoms with Gasteiger partial charge >= 0.3 is 0 Å². The number of fused-ring (bicyclic) bond motifs is 1. The summed E-state index contributed by atoms with van der Waals surface area (Å²) < 4.78 is 5.74. The molecular formula is C21H22ClNO3. The smallest absolute Gasteiger partial charge is 0.222 e. The van der Waals surface area contributed by atoms with E-state index in [-0.39, 0.29) is 11.7 Å². The summed E-state index contributed by atoms with van der Waals surface area (Å²) in [5.41, 5.74) is 2.61. The summed E-state index contributed by atoms with van der Waals surface area (Å²) in [6.45, 7) is 1.40. The van der Waals surface area contributed by atoms with Crippen LogP contribution in [0.4, 0.5) is 0 Å². The monoisotopic (exact) mass is 371 g/mol. The van der Waals surface area contributed by atoms with Gasteiger partial charge in [-0.2, -0.15) is 0 Å². The van der Waals surface area contributed by atoms with Crippen LogP contribution in [0.25, 0.3) is 11.1 Å². The lowest BCUT2D eigenvalue weighted by molar-refractivity contribution is -0.132. The molecule has 1 aliphatic carbocycles. The molecule has 2 aliphatic rings. The molecule has 0 atom stereocenters. The van der Waals surface area contributed by atoms with E-state index in [1.165, 1.54) is 12.8 Å². The number of carbonyl (C=O) groups is 1. The maximum atomic E-state index is 12.6. The van der Waals surface area contributed by atoms with E-state index in [0.717, 1.165) is 29.0 Å². The van der Waals surface area contributed by atoms with E-state index in [1.54, 1.807) is 6.07 Å². The largest absolute Gasteiger partial charge is 0.504 e. The number of aromatic hydroxyl groups is 1. The summed E-state index contributed by atoms with van der Waals surface area (Å²) >= 11 is 6.09. The molecule has 5 heteroatoms. The number of amides is 1. The summed E-state index contributed by atoms with van der Waals surface area (Å²) in [4.78, 5) is 14.4. The SMILES string of the molecule is O=C(CCC1CC1)N1CCOc2c(O)cc(-c3cccc(Cl)c3)cc2C1. The van der Waals surface area contributed by atoms with Crippen LogP contribution in [-0.2, 0) is 11.3 Å². The van der Waals surface area contributed by atoms with E-state index in [2.05, 4.69) is 0 Å². The van der Waals surface area contributed by atoms with Crippen LogP contribution in [0.5, 0.6) is 11.5 Å². The second-order valence-corrected chi connectivity index (χ2v) is 7.58. The van der Waals surface area contributed by atoms with Crippen LogP contribution < -0.4 is 4.74 Å². The highest BCUT2D eigenvalue weighted by Crippen LogP contribution is 2.38. The van der Waals surface area contributed by atoms with Gasteiger partial charge in [0.05, 0.1) is 6.54 Å². The quantitative estimate of drug-likeness (QED) is 0.852. The van der Waals surface area contributed by atoms with Crippen LogP contribution in [0.2, 0.25) is 5.02 Å². The average Bonchev–Trinajstić information content (AvgIpc) is 3.46. The highest BCUT2D eigenvalue weighted by atomic mass is 35.5. The highest BCUT2D eigenvalue weighted by molar-refractivity contribution is 6.30. The third-order valence-electron chi connectivity index (χ3n) is 5.09. The van der Waals surface area contributed by atoms with Gasteiger partial charge in [0, 0.05) is 23.6 Å². The first-order valence-corrected chi connectivity index (χ1v) is 9.50. The minimum Gasteiger partial charge on any atom is -0.504 e. The molecule has 0 spiro atoms. The van der Waals surface area contributed by atoms with Crippen LogP contribution in [0.1, 0.15) is 31.2 Å². The van der Waals surface area contributed by atoms with Crippen molar-refractivity contribution >= 4 is 17.5 Å². The number of hydrogen-bond donors (Lipinski definition) is 1. The van der Waals surface area contributed by atoms with Crippen LogP contribution >= 0.6 is 11.6 Å². The summed E-state index contributed by atoms with van der Waals surface area (Å²) in [7, 11) is 0. The molecular weight excluding hydrogens is 350 g/mol.